The molecule has 2 rings (SSSR count). The summed E-state index contributed by atoms with van der Waals surface area (Å²) in [5.74, 6) is 0.722. The monoisotopic (exact) mass is 210 g/mol. The van der Waals surface area contributed by atoms with Crippen LogP contribution in [0.5, 0.6) is 0 Å². The SMILES string of the molecule is CCc1sc(C2CCNCC2)nc1C. The van der Waals surface area contributed by atoms with Gasteiger partial charge in [-0.15, -0.1) is 11.3 Å². The van der Waals surface area contributed by atoms with Crippen LogP contribution in [-0.2, 0) is 6.42 Å². The molecule has 1 saturated heterocycles. The summed E-state index contributed by atoms with van der Waals surface area (Å²) in [6.45, 7) is 6.67. The number of thiazole rings is 1. The second kappa shape index (κ2) is 4.41. The molecule has 1 aliphatic heterocycles. The maximum atomic E-state index is 4.70. The van der Waals surface area contributed by atoms with E-state index >= 15 is 0 Å². The van der Waals surface area contributed by atoms with Gasteiger partial charge in [0.1, 0.15) is 0 Å². The number of aryl methyl sites for hydroxylation is 2. The summed E-state index contributed by atoms with van der Waals surface area (Å²) in [4.78, 5) is 6.17. The number of rotatable bonds is 2. The molecule has 1 aromatic rings. The van der Waals surface area contributed by atoms with Gasteiger partial charge in [-0.3, -0.25) is 0 Å². The first kappa shape index (κ1) is 10.1. The normalized spacial score (nSPS) is 18.7. The molecule has 1 aromatic heterocycles. The smallest absolute Gasteiger partial charge is 0.0962 e. The zero-order valence-electron chi connectivity index (χ0n) is 8.97. The van der Waals surface area contributed by atoms with Gasteiger partial charge in [0.2, 0.25) is 0 Å². The van der Waals surface area contributed by atoms with Crippen LogP contribution in [0, 0.1) is 6.92 Å². The van der Waals surface area contributed by atoms with Gasteiger partial charge in [-0.25, -0.2) is 4.98 Å². The Balaban J connectivity index is 2.14. The highest BCUT2D eigenvalue weighted by atomic mass is 32.1. The summed E-state index contributed by atoms with van der Waals surface area (Å²) in [5.41, 5.74) is 1.26. The van der Waals surface area contributed by atoms with Crippen LogP contribution in [0.4, 0.5) is 0 Å². The molecule has 1 fully saturated rings. The first-order valence-corrected chi connectivity index (χ1v) is 6.29. The second-order valence-electron chi connectivity index (χ2n) is 3.94. The van der Waals surface area contributed by atoms with Gasteiger partial charge in [0.15, 0.2) is 0 Å². The Kier molecular flexibility index (Phi) is 3.19. The Labute approximate surface area is 89.8 Å². The minimum atomic E-state index is 0.722. The first-order valence-electron chi connectivity index (χ1n) is 5.48. The Morgan fingerprint density at radius 3 is 2.71 bits per heavy atom. The highest BCUT2D eigenvalue weighted by Crippen LogP contribution is 2.30. The zero-order valence-corrected chi connectivity index (χ0v) is 9.78. The van der Waals surface area contributed by atoms with Crippen LogP contribution >= 0.6 is 11.3 Å². The highest BCUT2D eigenvalue weighted by molar-refractivity contribution is 7.11. The summed E-state index contributed by atoms with van der Waals surface area (Å²) < 4.78 is 0. The lowest BCUT2D eigenvalue weighted by Crippen LogP contribution is -2.26. The van der Waals surface area contributed by atoms with Crippen molar-refractivity contribution in [1.82, 2.24) is 10.3 Å². The van der Waals surface area contributed by atoms with E-state index in [-0.39, 0.29) is 0 Å². The van der Waals surface area contributed by atoms with Gasteiger partial charge >= 0.3 is 0 Å². The van der Waals surface area contributed by atoms with Crippen LogP contribution in [-0.4, -0.2) is 18.1 Å². The molecule has 2 heterocycles. The molecular formula is C11H18N2S. The van der Waals surface area contributed by atoms with Crippen molar-refractivity contribution in [2.45, 2.75) is 39.0 Å². The van der Waals surface area contributed by atoms with E-state index in [0.717, 1.165) is 25.4 Å². The summed E-state index contributed by atoms with van der Waals surface area (Å²) in [7, 11) is 0. The van der Waals surface area contributed by atoms with E-state index in [4.69, 9.17) is 4.98 Å². The fraction of sp³-hybridized carbons (Fsp3) is 0.727. The minimum absolute atomic E-state index is 0.722. The maximum Gasteiger partial charge on any atom is 0.0962 e. The van der Waals surface area contributed by atoms with Crippen molar-refractivity contribution < 1.29 is 0 Å². The summed E-state index contributed by atoms with van der Waals surface area (Å²) in [6.07, 6.45) is 3.65. The van der Waals surface area contributed by atoms with Crippen molar-refractivity contribution in [3.05, 3.63) is 15.6 Å². The maximum absolute atomic E-state index is 4.70. The van der Waals surface area contributed by atoms with Crippen LogP contribution in [0.3, 0.4) is 0 Å². The van der Waals surface area contributed by atoms with Crippen molar-refractivity contribution in [2.75, 3.05) is 13.1 Å². The van der Waals surface area contributed by atoms with Crippen molar-refractivity contribution >= 4 is 11.3 Å². The van der Waals surface area contributed by atoms with Crippen LogP contribution in [0.25, 0.3) is 0 Å². The molecule has 0 unspecified atom stereocenters. The lowest BCUT2D eigenvalue weighted by Gasteiger charge is -2.20. The third-order valence-corrected chi connectivity index (χ3v) is 4.38. The molecule has 14 heavy (non-hydrogen) atoms. The van der Waals surface area contributed by atoms with Gasteiger partial charge in [0.25, 0.3) is 0 Å². The number of nitrogens with one attached hydrogen (secondary N) is 1. The van der Waals surface area contributed by atoms with Crippen molar-refractivity contribution in [3.63, 3.8) is 0 Å². The predicted octanol–water partition coefficient (Wildman–Crippen LogP) is 2.48. The quantitative estimate of drug-likeness (QED) is 0.811. The van der Waals surface area contributed by atoms with E-state index < -0.39 is 0 Å². The van der Waals surface area contributed by atoms with E-state index in [1.54, 1.807) is 0 Å². The largest absolute Gasteiger partial charge is 0.317 e. The molecule has 78 valence electrons. The lowest BCUT2D eigenvalue weighted by atomic mass is 9.99. The third kappa shape index (κ3) is 1.98. The second-order valence-corrected chi connectivity index (χ2v) is 5.05. The number of nitrogens with zero attached hydrogens (tertiary/aromatic N) is 1. The topological polar surface area (TPSA) is 24.9 Å². The molecule has 2 nitrogen and oxygen atoms in total. The Morgan fingerprint density at radius 1 is 1.43 bits per heavy atom. The molecule has 0 atom stereocenters. The molecule has 0 aromatic carbocycles. The van der Waals surface area contributed by atoms with E-state index in [1.807, 2.05) is 11.3 Å². The van der Waals surface area contributed by atoms with Gasteiger partial charge in [-0.2, -0.15) is 0 Å². The van der Waals surface area contributed by atoms with E-state index in [9.17, 15) is 0 Å². The standard InChI is InChI=1S/C11H18N2S/c1-3-10-8(2)13-11(14-10)9-4-6-12-7-5-9/h9,12H,3-7H2,1-2H3. The summed E-state index contributed by atoms with van der Waals surface area (Å²) >= 11 is 1.93. The van der Waals surface area contributed by atoms with Crippen LogP contribution < -0.4 is 5.32 Å². The lowest BCUT2D eigenvalue weighted by molar-refractivity contribution is 0.459. The van der Waals surface area contributed by atoms with Crippen LogP contribution in [0.15, 0.2) is 0 Å². The molecule has 0 radical (unpaired) electrons. The van der Waals surface area contributed by atoms with E-state index in [1.165, 1.54) is 28.4 Å². The number of piperidine rings is 1. The Morgan fingerprint density at radius 2 is 2.14 bits per heavy atom. The van der Waals surface area contributed by atoms with Crippen molar-refractivity contribution in [2.24, 2.45) is 0 Å². The number of hydrogen-bond acceptors (Lipinski definition) is 3. The fourth-order valence-electron chi connectivity index (χ4n) is 2.02. The van der Waals surface area contributed by atoms with Crippen LogP contribution in [0.2, 0.25) is 0 Å². The molecule has 1 aliphatic rings. The Bertz CT molecular complexity index is 300. The average Bonchev–Trinajstić information content (AvgIpc) is 2.61. The van der Waals surface area contributed by atoms with Gasteiger partial charge in [0.05, 0.1) is 10.7 Å². The third-order valence-electron chi connectivity index (χ3n) is 2.92. The molecule has 0 aliphatic carbocycles. The van der Waals surface area contributed by atoms with Crippen LogP contribution in [0.1, 0.15) is 41.3 Å². The molecule has 1 N–H and O–H groups in total. The first-order chi connectivity index (χ1) is 6.81. The molecule has 0 bridgehead atoms. The van der Waals surface area contributed by atoms with E-state index in [0.29, 0.717) is 0 Å². The molecule has 0 saturated carbocycles. The number of aromatic nitrogens is 1. The van der Waals surface area contributed by atoms with E-state index in [2.05, 4.69) is 19.2 Å². The average molecular weight is 210 g/mol. The minimum Gasteiger partial charge on any atom is -0.317 e. The zero-order chi connectivity index (χ0) is 9.97. The molecule has 3 heteroatoms. The van der Waals surface area contributed by atoms with Crippen molar-refractivity contribution in [3.8, 4) is 0 Å². The summed E-state index contributed by atoms with van der Waals surface area (Å²) in [6, 6.07) is 0. The Hall–Kier alpha value is -0.410. The number of hydrogen-bond donors (Lipinski definition) is 1. The fourth-order valence-corrected chi connectivity index (χ4v) is 3.20. The molecule has 0 spiro atoms. The van der Waals surface area contributed by atoms with Crippen molar-refractivity contribution in [1.29, 1.82) is 0 Å². The highest BCUT2D eigenvalue weighted by Gasteiger charge is 2.19. The van der Waals surface area contributed by atoms with Gasteiger partial charge in [-0.05, 0) is 39.3 Å². The van der Waals surface area contributed by atoms with Gasteiger partial charge in [-0.1, -0.05) is 6.92 Å². The van der Waals surface area contributed by atoms with Gasteiger partial charge in [0, 0.05) is 10.8 Å². The van der Waals surface area contributed by atoms with Gasteiger partial charge < -0.3 is 5.32 Å². The summed E-state index contributed by atoms with van der Waals surface area (Å²) in [5, 5.41) is 4.77. The molecule has 0 amide bonds. The predicted molar refractivity (Wildman–Crippen MR) is 61.1 cm³/mol. The molecular weight excluding hydrogens is 192 g/mol.